The molecule has 122 valence electrons. The number of rotatable bonds is 7. The number of aromatic carboxylic acids is 1. The van der Waals surface area contributed by atoms with Crippen molar-refractivity contribution >= 4 is 27.6 Å². The topological polar surface area (TPSA) is 58.6 Å². The fourth-order valence-electron chi connectivity index (χ4n) is 2.14. The first kappa shape index (κ1) is 17.3. The zero-order valence-corrected chi connectivity index (χ0v) is 14.8. The van der Waals surface area contributed by atoms with E-state index in [4.69, 9.17) is 4.74 Å². The van der Waals surface area contributed by atoms with E-state index in [2.05, 4.69) is 35.1 Å². The van der Waals surface area contributed by atoms with Crippen molar-refractivity contribution in [3.63, 3.8) is 0 Å². The molecule has 23 heavy (non-hydrogen) atoms. The summed E-state index contributed by atoms with van der Waals surface area (Å²) in [5.41, 5.74) is 3.33. The van der Waals surface area contributed by atoms with Gasteiger partial charge in [0, 0.05) is 16.7 Å². The maximum Gasteiger partial charge on any atom is 0.337 e. The van der Waals surface area contributed by atoms with Gasteiger partial charge in [-0.05, 0) is 61.7 Å². The highest BCUT2D eigenvalue weighted by Crippen LogP contribution is 2.21. The molecule has 0 atom stereocenters. The monoisotopic (exact) mass is 377 g/mol. The van der Waals surface area contributed by atoms with Gasteiger partial charge in [0.1, 0.15) is 5.75 Å². The molecule has 0 saturated carbocycles. The molecule has 4 nitrogen and oxygen atoms in total. The van der Waals surface area contributed by atoms with E-state index in [1.54, 1.807) is 12.1 Å². The molecule has 0 bridgehead atoms. The van der Waals surface area contributed by atoms with Crippen LogP contribution in [0.1, 0.15) is 27.9 Å². The number of benzene rings is 2. The summed E-state index contributed by atoms with van der Waals surface area (Å²) in [6.07, 6.45) is 0.780. The molecule has 0 fully saturated rings. The van der Waals surface area contributed by atoms with E-state index in [0.29, 0.717) is 18.8 Å². The lowest BCUT2D eigenvalue weighted by molar-refractivity contribution is 0.0698. The van der Waals surface area contributed by atoms with Crippen molar-refractivity contribution in [2.24, 2.45) is 0 Å². The number of hydrogen-bond donors (Lipinski definition) is 2. The van der Waals surface area contributed by atoms with Crippen LogP contribution in [-0.2, 0) is 0 Å². The maximum absolute atomic E-state index is 11.2. The zero-order chi connectivity index (χ0) is 16.8. The number of anilines is 1. The summed E-state index contributed by atoms with van der Waals surface area (Å²) in [6, 6.07) is 11.2. The number of hydrogen-bond acceptors (Lipinski definition) is 3. The van der Waals surface area contributed by atoms with Crippen LogP contribution < -0.4 is 10.1 Å². The molecular weight excluding hydrogens is 358 g/mol. The van der Waals surface area contributed by atoms with Gasteiger partial charge in [0.25, 0.3) is 0 Å². The van der Waals surface area contributed by atoms with Gasteiger partial charge in [-0.2, -0.15) is 0 Å². The van der Waals surface area contributed by atoms with Crippen LogP contribution in [0.15, 0.2) is 40.9 Å². The number of ether oxygens (including phenoxy) is 1. The normalized spacial score (nSPS) is 10.4. The third-order valence-electron chi connectivity index (χ3n) is 3.60. The van der Waals surface area contributed by atoms with Gasteiger partial charge in [-0.3, -0.25) is 0 Å². The van der Waals surface area contributed by atoms with Crippen LogP contribution in [0.25, 0.3) is 0 Å². The second-order valence-electron chi connectivity index (χ2n) is 5.37. The third kappa shape index (κ3) is 4.99. The molecule has 2 aromatic rings. The van der Waals surface area contributed by atoms with Gasteiger partial charge < -0.3 is 15.2 Å². The molecule has 0 aromatic heterocycles. The van der Waals surface area contributed by atoms with E-state index in [9.17, 15) is 9.90 Å². The molecule has 0 amide bonds. The van der Waals surface area contributed by atoms with Crippen molar-refractivity contribution in [3.05, 3.63) is 57.6 Å². The maximum atomic E-state index is 11.2. The molecule has 2 aromatic carbocycles. The van der Waals surface area contributed by atoms with Gasteiger partial charge in [-0.1, -0.05) is 22.0 Å². The van der Waals surface area contributed by atoms with E-state index in [-0.39, 0.29) is 5.56 Å². The van der Waals surface area contributed by atoms with Gasteiger partial charge in [-0.15, -0.1) is 0 Å². The molecule has 0 radical (unpaired) electrons. The quantitative estimate of drug-likeness (QED) is 0.689. The summed E-state index contributed by atoms with van der Waals surface area (Å²) in [7, 11) is 0. The highest BCUT2D eigenvalue weighted by molar-refractivity contribution is 9.10. The van der Waals surface area contributed by atoms with Crippen LogP contribution in [0, 0.1) is 13.8 Å². The Balaban J connectivity index is 1.81. The minimum atomic E-state index is -0.944. The molecule has 0 aliphatic rings. The minimum Gasteiger partial charge on any atom is -0.494 e. The van der Waals surface area contributed by atoms with E-state index in [1.165, 1.54) is 11.1 Å². The summed E-state index contributed by atoms with van der Waals surface area (Å²) in [6.45, 7) is 5.35. The summed E-state index contributed by atoms with van der Waals surface area (Å²) in [5, 5.41) is 12.4. The predicted octanol–water partition coefficient (Wildman–Crippen LogP) is 4.65. The lowest BCUT2D eigenvalue weighted by Gasteiger charge is -2.11. The lowest BCUT2D eigenvalue weighted by atomic mass is 10.1. The first-order valence-corrected chi connectivity index (χ1v) is 8.23. The standard InChI is InChI=1S/C18H20BrNO3/c1-12-4-6-15(10-13(12)2)23-9-3-8-20-17-7-5-14(19)11-16(17)18(21)22/h4-7,10-11,20H,3,8-9H2,1-2H3,(H,21,22). The molecular formula is C18H20BrNO3. The average molecular weight is 378 g/mol. The van der Waals surface area contributed by atoms with Crippen LogP contribution >= 0.6 is 15.9 Å². The number of carboxylic acids is 1. The summed E-state index contributed by atoms with van der Waals surface area (Å²) in [5.74, 6) is -0.0804. The van der Waals surface area contributed by atoms with Gasteiger partial charge in [0.2, 0.25) is 0 Å². The van der Waals surface area contributed by atoms with Crippen molar-refractivity contribution in [2.75, 3.05) is 18.5 Å². The number of nitrogens with one attached hydrogen (secondary N) is 1. The van der Waals surface area contributed by atoms with Crippen molar-refractivity contribution < 1.29 is 14.6 Å². The van der Waals surface area contributed by atoms with Crippen LogP contribution in [0.5, 0.6) is 5.75 Å². The van der Waals surface area contributed by atoms with Gasteiger partial charge in [0.05, 0.1) is 12.2 Å². The second-order valence-corrected chi connectivity index (χ2v) is 6.29. The molecule has 5 heteroatoms. The number of aryl methyl sites for hydroxylation is 2. The van der Waals surface area contributed by atoms with Crippen molar-refractivity contribution in [1.29, 1.82) is 0 Å². The minimum absolute atomic E-state index is 0.259. The van der Waals surface area contributed by atoms with Gasteiger partial charge in [-0.25, -0.2) is 4.79 Å². The Bertz CT molecular complexity index is 701. The Morgan fingerprint density at radius 1 is 1.17 bits per heavy atom. The predicted molar refractivity (Wildman–Crippen MR) is 95.6 cm³/mol. The molecule has 2 N–H and O–H groups in total. The Labute approximate surface area is 144 Å². The molecule has 0 aliphatic heterocycles. The van der Waals surface area contributed by atoms with E-state index in [1.807, 2.05) is 24.3 Å². The fraction of sp³-hybridized carbons (Fsp3) is 0.278. The highest BCUT2D eigenvalue weighted by Gasteiger charge is 2.10. The molecule has 0 heterocycles. The Morgan fingerprint density at radius 2 is 1.96 bits per heavy atom. The summed E-state index contributed by atoms with van der Waals surface area (Å²) >= 11 is 3.28. The SMILES string of the molecule is Cc1ccc(OCCCNc2ccc(Br)cc2C(=O)O)cc1C. The third-order valence-corrected chi connectivity index (χ3v) is 4.09. The first-order chi connectivity index (χ1) is 11.0. The zero-order valence-electron chi connectivity index (χ0n) is 13.2. The highest BCUT2D eigenvalue weighted by atomic mass is 79.9. The Hall–Kier alpha value is -2.01. The lowest BCUT2D eigenvalue weighted by Crippen LogP contribution is -2.10. The molecule has 0 spiro atoms. The smallest absolute Gasteiger partial charge is 0.337 e. The van der Waals surface area contributed by atoms with Crippen LogP contribution in [-0.4, -0.2) is 24.2 Å². The van der Waals surface area contributed by atoms with E-state index >= 15 is 0 Å². The molecule has 0 unspecified atom stereocenters. The molecule has 0 saturated heterocycles. The van der Waals surface area contributed by atoms with Crippen LogP contribution in [0.3, 0.4) is 0 Å². The number of halogens is 1. The Kier molecular flexibility index (Phi) is 6.04. The van der Waals surface area contributed by atoms with Gasteiger partial charge in [0.15, 0.2) is 0 Å². The molecule has 2 rings (SSSR count). The van der Waals surface area contributed by atoms with Gasteiger partial charge >= 0.3 is 5.97 Å². The van der Waals surface area contributed by atoms with E-state index < -0.39 is 5.97 Å². The van der Waals surface area contributed by atoms with Crippen molar-refractivity contribution in [2.45, 2.75) is 20.3 Å². The second kappa shape index (κ2) is 8.02. The number of carboxylic acid groups (broad SMARTS) is 1. The average Bonchev–Trinajstić information content (AvgIpc) is 2.51. The van der Waals surface area contributed by atoms with Crippen molar-refractivity contribution in [1.82, 2.24) is 0 Å². The van der Waals surface area contributed by atoms with Crippen molar-refractivity contribution in [3.8, 4) is 5.75 Å². The van der Waals surface area contributed by atoms with Crippen LogP contribution in [0.4, 0.5) is 5.69 Å². The van der Waals surface area contributed by atoms with Crippen LogP contribution in [0.2, 0.25) is 0 Å². The number of carbonyl (C=O) groups is 1. The van der Waals surface area contributed by atoms with E-state index in [0.717, 1.165) is 16.6 Å². The first-order valence-electron chi connectivity index (χ1n) is 7.44. The summed E-state index contributed by atoms with van der Waals surface area (Å²) in [4.78, 5) is 11.2. The molecule has 0 aliphatic carbocycles. The largest absolute Gasteiger partial charge is 0.494 e. The summed E-state index contributed by atoms with van der Waals surface area (Å²) < 4.78 is 6.46. The fourth-order valence-corrected chi connectivity index (χ4v) is 2.50. The Morgan fingerprint density at radius 3 is 2.65 bits per heavy atom.